The number of fused-ring (bicyclic) bond motifs is 1. The summed E-state index contributed by atoms with van der Waals surface area (Å²) < 4.78 is 10.7. The monoisotopic (exact) mass is 444 g/mol. The molecule has 3 aliphatic rings. The van der Waals surface area contributed by atoms with E-state index in [2.05, 4.69) is 0 Å². The van der Waals surface area contributed by atoms with Gasteiger partial charge in [-0.25, -0.2) is 0 Å². The first-order chi connectivity index (χ1) is 14.6. The van der Waals surface area contributed by atoms with Gasteiger partial charge in [-0.2, -0.15) is 0 Å². The number of carbonyl (C=O) groups excluding carboxylic acids is 2. The van der Waals surface area contributed by atoms with Crippen molar-refractivity contribution in [2.75, 3.05) is 32.2 Å². The molecule has 6 nitrogen and oxygen atoms in total. The number of likely N-dealkylation sites (tertiary alicyclic amines) is 1. The van der Waals surface area contributed by atoms with E-state index in [4.69, 9.17) is 21.1 Å². The minimum atomic E-state index is -0.259. The first kappa shape index (κ1) is 19.6. The maximum absolute atomic E-state index is 13.2. The van der Waals surface area contributed by atoms with Gasteiger partial charge in [-0.05, 0) is 49.2 Å². The van der Waals surface area contributed by atoms with Crippen LogP contribution in [0.5, 0.6) is 11.5 Å². The van der Waals surface area contributed by atoms with Crippen molar-refractivity contribution in [3.63, 3.8) is 0 Å². The van der Waals surface area contributed by atoms with Gasteiger partial charge in [0.15, 0.2) is 11.5 Å². The molecule has 2 amide bonds. The van der Waals surface area contributed by atoms with Crippen LogP contribution < -0.4 is 9.47 Å². The second-order valence-corrected chi connectivity index (χ2v) is 9.52. The Hall–Kier alpha value is -2.38. The van der Waals surface area contributed by atoms with E-state index in [0.29, 0.717) is 47.3 Å². The molecular formula is C22H21ClN2O4S. The summed E-state index contributed by atoms with van der Waals surface area (Å²) in [6.07, 6.45) is 1.50. The molecule has 0 N–H and O–H groups in total. The molecule has 3 aliphatic heterocycles. The van der Waals surface area contributed by atoms with Crippen LogP contribution in [0.1, 0.15) is 33.6 Å². The van der Waals surface area contributed by atoms with Crippen LogP contribution in [0.4, 0.5) is 0 Å². The number of piperidine rings is 1. The maximum Gasteiger partial charge on any atom is 0.255 e. The molecule has 2 fully saturated rings. The van der Waals surface area contributed by atoms with E-state index in [9.17, 15) is 9.59 Å². The smallest absolute Gasteiger partial charge is 0.255 e. The average molecular weight is 445 g/mol. The minimum Gasteiger partial charge on any atom is -0.454 e. The van der Waals surface area contributed by atoms with Gasteiger partial charge in [-0.1, -0.05) is 17.7 Å². The Morgan fingerprint density at radius 1 is 0.933 bits per heavy atom. The third-order valence-electron chi connectivity index (χ3n) is 5.95. The standard InChI is InChI=1S/C22H21ClN2O4S/c23-17-3-1-2-15(12-17)21(27)25-10-11-30-22(25)6-8-24(9-7-22)20(26)16-4-5-18-19(13-16)29-14-28-18/h1-5,12-13H,6-11,14H2. The molecule has 5 rings (SSSR count). The highest BCUT2D eigenvalue weighted by atomic mass is 35.5. The highest BCUT2D eigenvalue weighted by Gasteiger charge is 2.47. The minimum absolute atomic E-state index is 0.0121. The number of rotatable bonds is 2. The van der Waals surface area contributed by atoms with Gasteiger partial charge in [-0.15, -0.1) is 11.8 Å². The summed E-state index contributed by atoms with van der Waals surface area (Å²) in [4.78, 5) is 29.8. The van der Waals surface area contributed by atoms with Crippen molar-refractivity contribution in [1.29, 1.82) is 0 Å². The van der Waals surface area contributed by atoms with Gasteiger partial charge in [0.1, 0.15) is 0 Å². The topological polar surface area (TPSA) is 59.1 Å². The molecule has 8 heteroatoms. The number of nitrogens with zero attached hydrogens (tertiary/aromatic N) is 2. The van der Waals surface area contributed by atoms with Gasteiger partial charge in [0.2, 0.25) is 6.79 Å². The molecule has 2 aromatic carbocycles. The van der Waals surface area contributed by atoms with Crippen molar-refractivity contribution in [1.82, 2.24) is 9.80 Å². The van der Waals surface area contributed by atoms with E-state index >= 15 is 0 Å². The Labute approximate surface area is 184 Å². The first-order valence-electron chi connectivity index (χ1n) is 9.96. The second kappa shape index (κ2) is 7.71. The summed E-state index contributed by atoms with van der Waals surface area (Å²) in [6, 6.07) is 12.4. The number of hydrogen-bond acceptors (Lipinski definition) is 5. The van der Waals surface area contributed by atoms with Gasteiger partial charge in [0.05, 0.1) is 4.87 Å². The van der Waals surface area contributed by atoms with E-state index < -0.39 is 0 Å². The van der Waals surface area contributed by atoms with Crippen molar-refractivity contribution in [3.8, 4) is 11.5 Å². The van der Waals surface area contributed by atoms with E-state index in [1.54, 1.807) is 36.4 Å². The van der Waals surface area contributed by atoms with Crippen LogP contribution in [0.25, 0.3) is 0 Å². The lowest BCUT2D eigenvalue weighted by Crippen LogP contribution is -2.53. The molecule has 0 atom stereocenters. The van der Waals surface area contributed by atoms with E-state index in [1.807, 2.05) is 27.6 Å². The van der Waals surface area contributed by atoms with Crippen LogP contribution >= 0.6 is 23.4 Å². The molecule has 2 aromatic rings. The third-order valence-corrected chi connectivity index (χ3v) is 7.73. The Morgan fingerprint density at radius 3 is 2.50 bits per heavy atom. The Bertz CT molecular complexity index is 1010. The van der Waals surface area contributed by atoms with Gasteiger partial charge in [0, 0.05) is 41.5 Å². The van der Waals surface area contributed by atoms with Crippen molar-refractivity contribution in [2.45, 2.75) is 17.7 Å². The number of carbonyl (C=O) groups is 2. The molecule has 0 aromatic heterocycles. The fourth-order valence-corrected chi connectivity index (χ4v) is 6.00. The van der Waals surface area contributed by atoms with Crippen LogP contribution in [0.2, 0.25) is 5.02 Å². The predicted octanol–water partition coefficient (Wildman–Crippen LogP) is 3.89. The first-order valence-corrected chi connectivity index (χ1v) is 11.3. The summed E-state index contributed by atoms with van der Waals surface area (Å²) in [5.74, 6) is 2.18. The lowest BCUT2D eigenvalue weighted by atomic mass is 10.00. The Morgan fingerprint density at radius 2 is 1.70 bits per heavy atom. The summed E-state index contributed by atoms with van der Waals surface area (Å²) in [7, 11) is 0. The zero-order valence-corrected chi connectivity index (χ0v) is 17.9. The van der Waals surface area contributed by atoms with Gasteiger partial charge >= 0.3 is 0 Å². The molecule has 0 unspecified atom stereocenters. The quantitative estimate of drug-likeness (QED) is 0.703. The van der Waals surface area contributed by atoms with E-state index in [0.717, 1.165) is 18.6 Å². The van der Waals surface area contributed by atoms with Gasteiger partial charge in [0.25, 0.3) is 11.8 Å². The zero-order valence-electron chi connectivity index (χ0n) is 16.3. The summed E-state index contributed by atoms with van der Waals surface area (Å²) in [5, 5.41) is 0.561. The summed E-state index contributed by atoms with van der Waals surface area (Å²) >= 11 is 7.91. The second-order valence-electron chi connectivity index (χ2n) is 7.62. The van der Waals surface area contributed by atoms with Crippen LogP contribution in [0.3, 0.4) is 0 Å². The van der Waals surface area contributed by atoms with Gasteiger partial charge in [-0.3, -0.25) is 9.59 Å². The average Bonchev–Trinajstić information content (AvgIpc) is 3.40. The number of benzene rings is 2. The lowest BCUT2D eigenvalue weighted by Gasteiger charge is -2.44. The molecule has 0 radical (unpaired) electrons. The molecule has 0 bridgehead atoms. The molecule has 3 heterocycles. The molecule has 30 heavy (non-hydrogen) atoms. The Balaban J connectivity index is 1.29. The molecule has 0 saturated carbocycles. The lowest BCUT2D eigenvalue weighted by molar-refractivity contribution is 0.0497. The molecule has 2 saturated heterocycles. The SMILES string of the molecule is O=C(c1ccc2c(c1)OCO2)N1CCC2(CC1)SCCN2C(=O)c1cccc(Cl)c1. The Kier molecular flexibility index (Phi) is 5.03. The normalized spacial score (nSPS) is 19.4. The molecular weight excluding hydrogens is 424 g/mol. The summed E-state index contributed by atoms with van der Waals surface area (Å²) in [5.41, 5.74) is 1.21. The molecule has 1 spiro atoms. The van der Waals surface area contributed by atoms with Crippen LogP contribution in [0.15, 0.2) is 42.5 Å². The predicted molar refractivity (Wildman–Crippen MR) is 115 cm³/mol. The maximum atomic E-state index is 13.2. The van der Waals surface area contributed by atoms with Crippen LogP contribution in [-0.2, 0) is 0 Å². The fraction of sp³-hybridized carbons (Fsp3) is 0.364. The fourth-order valence-electron chi connectivity index (χ4n) is 4.36. The number of ether oxygens (including phenoxy) is 2. The van der Waals surface area contributed by atoms with Crippen molar-refractivity contribution in [3.05, 3.63) is 58.6 Å². The molecule has 156 valence electrons. The number of halogens is 1. The van der Waals surface area contributed by atoms with E-state index in [1.165, 1.54) is 0 Å². The third kappa shape index (κ3) is 3.40. The van der Waals surface area contributed by atoms with Crippen LogP contribution in [0, 0.1) is 0 Å². The van der Waals surface area contributed by atoms with Gasteiger partial charge < -0.3 is 19.3 Å². The molecule has 0 aliphatic carbocycles. The highest BCUT2D eigenvalue weighted by molar-refractivity contribution is 8.00. The number of hydrogen-bond donors (Lipinski definition) is 0. The van der Waals surface area contributed by atoms with E-state index in [-0.39, 0.29) is 23.5 Å². The van der Waals surface area contributed by atoms with Crippen molar-refractivity contribution < 1.29 is 19.1 Å². The van der Waals surface area contributed by atoms with Crippen LogP contribution in [-0.4, -0.2) is 58.7 Å². The summed E-state index contributed by atoms with van der Waals surface area (Å²) in [6.45, 7) is 2.12. The number of amides is 2. The van der Waals surface area contributed by atoms with Crippen molar-refractivity contribution >= 4 is 35.2 Å². The van der Waals surface area contributed by atoms with Crippen molar-refractivity contribution in [2.24, 2.45) is 0 Å². The largest absolute Gasteiger partial charge is 0.454 e. The highest BCUT2D eigenvalue weighted by Crippen LogP contribution is 2.45. The zero-order chi connectivity index (χ0) is 20.7. The number of thioether (sulfide) groups is 1.